The fourth-order valence-corrected chi connectivity index (χ4v) is 3.45. The summed E-state index contributed by atoms with van der Waals surface area (Å²) >= 11 is 11.6. The van der Waals surface area contributed by atoms with Crippen LogP contribution in [0.15, 0.2) is 48.5 Å². The van der Waals surface area contributed by atoms with Crippen molar-refractivity contribution in [2.24, 2.45) is 0 Å². The zero-order chi connectivity index (χ0) is 18.4. The second kappa shape index (κ2) is 8.56. The van der Waals surface area contributed by atoms with E-state index in [9.17, 15) is 13.2 Å². The summed E-state index contributed by atoms with van der Waals surface area (Å²) in [5.41, 5.74) is 1.16. The van der Waals surface area contributed by atoms with E-state index >= 15 is 0 Å². The highest BCUT2D eigenvalue weighted by molar-refractivity contribution is 7.92. The Bertz CT molecular complexity index is 822. The van der Waals surface area contributed by atoms with Crippen LogP contribution in [0.2, 0.25) is 10.0 Å². The number of hydrogen-bond acceptors (Lipinski definition) is 3. The van der Waals surface area contributed by atoms with Crippen LogP contribution in [0.1, 0.15) is 12.8 Å². The van der Waals surface area contributed by atoms with Crippen LogP contribution in [0.5, 0.6) is 0 Å². The minimum atomic E-state index is -3.45. The molecule has 0 aliphatic heterocycles. The minimum absolute atomic E-state index is 0.188. The first-order valence-electron chi connectivity index (χ1n) is 7.54. The second-order valence-corrected chi connectivity index (χ2v) is 8.25. The fraction of sp³-hybridized carbons (Fsp3) is 0.235. The molecule has 0 spiro atoms. The summed E-state index contributed by atoms with van der Waals surface area (Å²) in [6, 6.07) is 13.3. The Balaban J connectivity index is 1.93. The quantitative estimate of drug-likeness (QED) is 0.757. The highest BCUT2D eigenvalue weighted by atomic mass is 35.5. The van der Waals surface area contributed by atoms with Gasteiger partial charge in [0.2, 0.25) is 15.9 Å². The van der Waals surface area contributed by atoms with Gasteiger partial charge in [-0.05, 0) is 55.0 Å². The summed E-state index contributed by atoms with van der Waals surface area (Å²) < 4.78 is 25.3. The average molecular weight is 401 g/mol. The van der Waals surface area contributed by atoms with Gasteiger partial charge in [-0.2, -0.15) is 0 Å². The van der Waals surface area contributed by atoms with Gasteiger partial charge in [0.1, 0.15) is 0 Å². The Hall–Kier alpha value is -1.76. The molecule has 0 atom stereocenters. The number of amides is 1. The molecule has 2 rings (SSSR count). The molecule has 0 radical (unpaired) electrons. The van der Waals surface area contributed by atoms with Crippen molar-refractivity contribution in [1.29, 1.82) is 0 Å². The van der Waals surface area contributed by atoms with Gasteiger partial charge in [0.15, 0.2) is 0 Å². The first kappa shape index (κ1) is 19.6. The Labute approximate surface area is 157 Å². The third-order valence-corrected chi connectivity index (χ3v) is 5.11. The van der Waals surface area contributed by atoms with E-state index in [0.29, 0.717) is 27.8 Å². The Kier molecular flexibility index (Phi) is 6.70. The first-order valence-corrected chi connectivity index (χ1v) is 10.1. The number of carbonyl (C=O) groups excluding carboxylic acids is 1. The fourth-order valence-electron chi connectivity index (χ4n) is 2.23. The molecular formula is C17H18Cl2N2O3S. The molecule has 0 unspecified atom stereocenters. The number of nitrogens with zero attached hydrogens (tertiary/aromatic N) is 1. The van der Waals surface area contributed by atoms with Gasteiger partial charge in [-0.1, -0.05) is 23.2 Å². The summed E-state index contributed by atoms with van der Waals surface area (Å²) in [5.74, 6) is -0.188. The lowest BCUT2D eigenvalue weighted by molar-refractivity contribution is -0.116. The molecule has 8 heteroatoms. The summed E-state index contributed by atoms with van der Waals surface area (Å²) in [4.78, 5) is 12.0. The topological polar surface area (TPSA) is 66.5 Å². The lowest BCUT2D eigenvalue weighted by atomic mass is 10.2. The summed E-state index contributed by atoms with van der Waals surface area (Å²) in [6.07, 6.45) is 1.72. The number of halogens is 2. The normalized spacial score (nSPS) is 11.2. The van der Waals surface area contributed by atoms with Gasteiger partial charge in [0, 0.05) is 28.7 Å². The van der Waals surface area contributed by atoms with Crippen molar-refractivity contribution in [2.75, 3.05) is 22.4 Å². The van der Waals surface area contributed by atoms with E-state index in [1.807, 2.05) is 0 Å². The number of rotatable bonds is 7. The molecule has 0 saturated carbocycles. The highest BCUT2D eigenvalue weighted by Crippen LogP contribution is 2.21. The molecule has 0 heterocycles. The molecule has 0 aliphatic carbocycles. The van der Waals surface area contributed by atoms with Crippen LogP contribution in [0.4, 0.5) is 11.4 Å². The monoisotopic (exact) mass is 400 g/mol. The minimum Gasteiger partial charge on any atom is -0.326 e. The maximum atomic E-state index is 12.0. The molecule has 1 amide bonds. The highest BCUT2D eigenvalue weighted by Gasteiger charge is 2.17. The molecule has 5 nitrogen and oxygen atoms in total. The van der Waals surface area contributed by atoms with Gasteiger partial charge in [-0.3, -0.25) is 9.10 Å². The summed E-state index contributed by atoms with van der Waals surface area (Å²) in [7, 11) is -3.45. The second-order valence-electron chi connectivity index (χ2n) is 5.47. The van der Waals surface area contributed by atoms with Crippen LogP contribution >= 0.6 is 23.2 Å². The van der Waals surface area contributed by atoms with Crippen LogP contribution in [0.25, 0.3) is 0 Å². The van der Waals surface area contributed by atoms with E-state index in [0.717, 1.165) is 6.26 Å². The van der Waals surface area contributed by atoms with Crippen molar-refractivity contribution in [3.8, 4) is 0 Å². The standard InChI is InChI=1S/C17H18Cl2N2O3S/c1-25(23,24)21(16-10-6-14(19)7-11-16)12-2-3-17(22)20-15-8-4-13(18)5-9-15/h4-11H,2-3,12H2,1H3,(H,20,22). The third kappa shape index (κ3) is 6.23. The van der Waals surface area contributed by atoms with Crippen LogP contribution in [-0.2, 0) is 14.8 Å². The average Bonchev–Trinajstić information content (AvgIpc) is 2.54. The Morgan fingerprint density at radius 1 is 1.00 bits per heavy atom. The van der Waals surface area contributed by atoms with Gasteiger partial charge in [0.05, 0.1) is 11.9 Å². The van der Waals surface area contributed by atoms with Crippen LogP contribution in [0, 0.1) is 0 Å². The predicted molar refractivity (Wildman–Crippen MR) is 103 cm³/mol. The molecule has 2 aromatic rings. The number of anilines is 2. The van der Waals surface area contributed by atoms with Crippen LogP contribution in [-0.4, -0.2) is 27.1 Å². The molecule has 1 N–H and O–H groups in total. The number of hydrogen-bond donors (Lipinski definition) is 1. The summed E-state index contributed by atoms with van der Waals surface area (Å²) in [6.45, 7) is 0.203. The SMILES string of the molecule is CS(=O)(=O)N(CCCC(=O)Nc1ccc(Cl)cc1)c1ccc(Cl)cc1. The first-order chi connectivity index (χ1) is 11.8. The molecule has 25 heavy (non-hydrogen) atoms. The van der Waals surface area contributed by atoms with Crippen LogP contribution in [0.3, 0.4) is 0 Å². The van der Waals surface area contributed by atoms with Gasteiger partial charge in [-0.15, -0.1) is 0 Å². The lowest BCUT2D eigenvalue weighted by Gasteiger charge is -2.22. The van der Waals surface area contributed by atoms with E-state index in [2.05, 4.69) is 5.32 Å². The van der Waals surface area contributed by atoms with Gasteiger partial charge in [0.25, 0.3) is 0 Å². The third-order valence-electron chi connectivity index (χ3n) is 3.41. The zero-order valence-corrected chi connectivity index (χ0v) is 15.9. The van der Waals surface area contributed by atoms with Crippen molar-refractivity contribution in [3.63, 3.8) is 0 Å². The van der Waals surface area contributed by atoms with Crippen LogP contribution < -0.4 is 9.62 Å². The van der Waals surface area contributed by atoms with E-state index < -0.39 is 10.0 Å². The van der Waals surface area contributed by atoms with E-state index in [-0.39, 0.29) is 18.9 Å². The van der Waals surface area contributed by atoms with E-state index in [1.54, 1.807) is 48.5 Å². The zero-order valence-electron chi connectivity index (χ0n) is 13.6. The number of benzene rings is 2. The van der Waals surface area contributed by atoms with E-state index in [1.165, 1.54) is 4.31 Å². The van der Waals surface area contributed by atoms with Gasteiger partial charge < -0.3 is 5.32 Å². The molecule has 0 aliphatic rings. The largest absolute Gasteiger partial charge is 0.326 e. The number of sulfonamides is 1. The van der Waals surface area contributed by atoms with E-state index in [4.69, 9.17) is 23.2 Å². The Morgan fingerprint density at radius 3 is 2.04 bits per heavy atom. The summed E-state index contributed by atoms with van der Waals surface area (Å²) in [5, 5.41) is 3.86. The molecule has 0 bridgehead atoms. The molecule has 0 aromatic heterocycles. The number of nitrogens with one attached hydrogen (secondary N) is 1. The van der Waals surface area contributed by atoms with Crippen molar-refractivity contribution >= 4 is 50.5 Å². The molecule has 0 saturated heterocycles. The maximum absolute atomic E-state index is 12.0. The number of carbonyl (C=O) groups is 1. The Morgan fingerprint density at radius 2 is 1.52 bits per heavy atom. The van der Waals surface area contributed by atoms with Crippen molar-refractivity contribution < 1.29 is 13.2 Å². The van der Waals surface area contributed by atoms with Crippen molar-refractivity contribution in [1.82, 2.24) is 0 Å². The van der Waals surface area contributed by atoms with Crippen molar-refractivity contribution in [2.45, 2.75) is 12.8 Å². The van der Waals surface area contributed by atoms with Crippen molar-refractivity contribution in [3.05, 3.63) is 58.6 Å². The molecule has 2 aromatic carbocycles. The predicted octanol–water partition coefficient (Wildman–Crippen LogP) is 4.18. The lowest BCUT2D eigenvalue weighted by Crippen LogP contribution is -2.31. The molecule has 134 valence electrons. The van der Waals surface area contributed by atoms with Gasteiger partial charge in [-0.25, -0.2) is 8.42 Å². The smallest absolute Gasteiger partial charge is 0.232 e. The maximum Gasteiger partial charge on any atom is 0.232 e. The van der Waals surface area contributed by atoms with Gasteiger partial charge >= 0.3 is 0 Å². The molecular weight excluding hydrogens is 383 g/mol. The molecule has 0 fully saturated rings.